The van der Waals surface area contributed by atoms with E-state index in [0.717, 1.165) is 66.5 Å². The fourth-order valence-electron chi connectivity index (χ4n) is 7.25. The molecule has 2 aromatic heterocycles. The van der Waals surface area contributed by atoms with Gasteiger partial charge in [0.2, 0.25) is 5.95 Å². The number of nitrogens with one attached hydrogen (secondary N) is 2. The number of aromatic nitrogens is 3. The SMILES string of the molecule is C=CCCCC(C)C(=O)c1cnc(Nc2cc3c4c(c2)CN(C)C[C@@]4(F)CCC3)nc1Nc1ccc2c(n1)[C@](O)(CC)CC2. The highest BCUT2D eigenvalue weighted by Crippen LogP contribution is 2.46. The Hall–Kier alpha value is -3.69. The first-order valence-corrected chi connectivity index (χ1v) is 15.9. The third-order valence-electron chi connectivity index (χ3n) is 9.59. The van der Waals surface area contributed by atoms with E-state index < -0.39 is 11.3 Å². The molecule has 0 saturated heterocycles. The van der Waals surface area contributed by atoms with Crippen molar-refractivity contribution in [2.75, 3.05) is 24.2 Å². The van der Waals surface area contributed by atoms with Gasteiger partial charge < -0.3 is 15.7 Å². The number of carbonyl (C=O) groups is 1. The molecule has 0 amide bonds. The third kappa shape index (κ3) is 5.75. The minimum absolute atomic E-state index is 0.0464. The number of aliphatic hydroxyl groups is 1. The van der Waals surface area contributed by atoms with Crippen LogP contribution in [0.1, 0.15) is 97.1 Å². The molecule has 1 unspecified atom stereocenters. The molecule has 8 nitrogen and oxygen atoms in total. The molecule has 9 heteroatoms. The molecular formula is C35H43FN6O2. The molecule has 3 N–H and O–H groups in total. The van der Waals surface area contributed by atoms with E-state index in [2.05, 4.69) is 22.2 Å². The molecule has 2 aliphatic carbocycles. The number of halogens is 1. The van der Waals surface area contributed by atoms with Crippen LogP contribution < -0.4 is 10.6 Å². The molecule has 3 heterocycles. The number of ketones is 1. The van der Waals surface area contributed by atoms with Crippen molar-refractivity contribution in [1.82, 2.24) is 19.9 Å². The number of anilines is 4. The summed E-state index contributed by atoms with van der Waals surface area (Å²) < 4.78 is 16.0. The van der Waals surface area contributed by atoms with Gasteiger partial charge in [-0.2, -0.15) is 4.98 Å². The molecule has 1 aliphatic heterocycles. The standard InChI is InChI=1S/C35H43FN6O2/c1-5-7-8-10-22(3)30(43)27-19-37-33(41-32(27)40-28-13-12-23-14-16-35(44,6-2)31(23)39-28)38-26-17-24-11-9-15-34(36)21-42(4)20-25(18-26)29(24)34/h5,12-13,17-19,22,44H,1,6-11,14-16,20-21H2,2-4H3,(H2,37,38,39,40,41)/t22?,34-,35-/m0/s1. The number of Topliss-reactive ketones (excluding diaryl/α,β-unsaturated/α-hetero) is 1. The first-order valence-electron chi connectivity index (χ1n) is 15.9. The normalized spacial score (nSPS) is 23.0. The van der Waals surface area contributed by atoms with Crippen LogP contribution in [-0.4, -0.2) is 44.3 Å². The van der Waals surface area contributed by atoms with E-state index in [4.69, 9.17) is 9.97 Å². The minimum Gasteiger partial charge on any atom is -0.384 e. The van der Waals surface area contributed by atoms with E-state index in [1.54, 1.807) is 6.20 Å². The number of pyridine rings is 1. The largest absolute Gasteiger partial charge is 0.384 e. The van der Waals surface area contributed by atoms with Gasteiger partial charge in [-0.3, -0.25) is 9.69 Å². The second kappa shape index (κ2) is 12.0. The van der Waals surface area contributed by atoms with Crippen molar-refractivity contribution < 1.29 is 14.3 Å². The predicted octanol–water partition coefficient (Wildman–Crippen LogP) is 7.02. The van der Waals surface area contributed by atoms with Crippen molar-refractivity contribution in [3.63, 3.8) is 0 Å². The Morgan fingerprint density at radius 3 is 2.80 bits per heavy atom. The molecule has 0 spiro atoms. The van der Waals surface area contributed by atoms with Crippen LogP contribution in [-0.2, 0) is 30.7 Å². The van der Waals surface area contributed by atoms with Crippen LogP contribution in [0, 0.1) is 5.92 Å². The summed E-state index contributed by atoms with van der Waals surface area (Å²) in [5, 5.41) is 17.8. The lowest BCUT2D eigenvalue weighted by Crippen LogP contribution is -2.43. The maximum absolute atomic E-state index is 16.0. The van der Waals surface area contributed by atoms with Crippen LogP contribution in [0.4, 0.5) is 27.7 Å². The summed E-state index contributed by atoms with van der Waals surface area (Å²) in [7, 11) is 1.96. The Balaban J connectivity index is 1.34. The zero-order chi connectivity index (χ0) is 31.1. The lowest BCUT2D eigenvalue weighted by Gasteiger charge is -2.41. The van der Waals surface area contributed by atoms with Gasteiger partial charge in [-0.05, 0) is 105 Å². The Bertz CT molecular complexity index is 1590. The molecule has 6 rings (SSSR count). The number of unbranched alkanes of at least 4 members (excludes halogenated alkanes) is 1. The van der Waals surface area contributed by atoms with Gasteiger partial charge in [0.25, 0.3) is 0 Å². The fourth-order valence-corrected chi connectivity index (χ4v) is 7.25. The summed E-state index contributed by atoms with van der Waals surface area (Å²) in [6.45, 7) is 8.78. The summed E-state index contributed by atoms with van der Waals surface area (Å²) in [6.07, 6.45) is 10.1. The number of nitrogens with zero attached hydrogens (tertiary/aromatic N) is 4. The highest BCUT2D eigenvalue weighted by atomic mass is 19.1. The number of aryl methyl sites for hydroxylation is 2. The zero-order valence-electron chi connectivity index (χ0n) is 26.0. The number of rotatable bonds is 11. The molecular weight excluding hydrogens is 555 g/mol. The molecule has 0 radical (unpaired) electrons. The van der Waals surface area contributed by atoms with Crippen LogP contribution in [0.25, 0.3) is 0 Å². The molecule has 232 valence electrons. The summed E-state index contributed by atoms with van der Waals surface area (Å²) in [5.74, 6) is 0.928. The van der Waals surface area contributed by atoms with Crippen molar-refractivity contribution in [2.24, 2.45) is 5.92 Å². The molecule has 1 aromatic carbocycles. The maximum Gasteiger partial charge on any atom is 0.229 e. The van der Waals surface area contributed by atoms with Crippen LogP contribution >= 0.6 is 0 Å². The molecule has 3 aliphatic rings. The number of benzene rings is 1. The van der Waals surface area contributed by atoms with Gasteiger partial charge in [0.1, 0.15) is 22.9 Å². The van der Waals surface area contributed by atoms with Gasteiger partial charge in [0, 0.05) is 30.9 Å². The Morgan fingerprint density at radius 2 is 2.00 bits per heavy atom. The quantitative estimate of drug-likeness (QED) is 0.123. The van der Waals surface area contributed by atoms with Crippen molar-refractivity contribution in [3.8, 4) is 0 Å². The molecule has 0 saturated carbocycles. The number of carbonyl (C=O) groups excluding carboxylic acids is 1. The summed E-state index contributed by atoms with van der Waals surface area (Å²) in [6, 6.07) is 7.87. The number of allylic oxidation sites excluding steroid dienone is 1. The number of hydrogen-bond acceptors (Lipinski definition) is 8. The average Bonchev–Trinajstić information content (AvgIpc) is 3.32. The zero-order valence-corrected chi connectivity index (χ0v) is 26.0. The van der Waals surface area contributed by atoms with E-state index in [1.807, 2.05) is 56.1 Å². The second-order valence-corrected chi connectivity index (χ2v) is 12.9. The van der Waals surface area contributed by atoms with Gasteiger partial charge >= 0.3 is 0 Å². The number of likely N-dealkylation sites (N-methyl/N-ethyl adjacent to an activating group) is 1. The highest BCUT2D eigenvalue weighted by Gasteiger charge is 2.43. The van der Waals surface area contributed by atoms with Crippen molar-refractivity contribution >= 4 is 29.1 Å². The Morgan fingerprint density at radius 1 is 1.18 bits per heavy atom. The van der Waals surface area contributed by atoms with E-state index in [9.17, 15) is 9.90 Å². The molecule has 0 fully saturated rings. The predicted molar refractivity (Wildman–Crippen MR) is 171 cm³/mol. The molecule has 3 aromatic rings. The molecule has 0 bridgehead atoms. The number of fused-ring (bicyclic) bond motifs is 1. The molecule has 3 atom stereocenters. The maximum atomic E-state index is 16.0. The van der Waals surface area contributed by atoms with Gasteiger partial charge in [-0.25, -0.2) is 14.4 Å². The Kier molecular flexibility index (Phi) is 8.28. The van der Waals surface area contributed by atoms with Crippen LogP contribution in [0.15, 0.2) is 43.1 Å². The van der Waals surface area contributed by atoms with Crippen LogP contribution in [0.2, 0.25) is 0 Å². The van der Waals surface area contributed by atoms with Crippen molar-refractivity contribution in [3.05, 3.63) is 76.6 Å². The lowest BCUT2D eigenvalue weighted by molar-refractivity contribution is 0.0307. The second-order valence-electron chi connectivity index (χ2n) is 12.9. The first-order chi connectivity index (χ1) is 21.1. The summed E-state index contributed by atoms with van der Waals surface area (Å²) >= 11 is 0. The van der Waals surface area contributed by atoms with Crippen LogP contribution in [0.5, 0.6) is 0 Å². The summed E-state index contributed by atoms with van der Waals surface area (Å²) in [4.78, 5) is 29.8. The first kappa shape index (κ1) is 30.3. The smallest absolute Gasteiger partial charge is 0.229 e. The van der Waals surface area contributed by atoms with Crippen molar-refractivity contribution in [1.29, 1.82) is 0 Å². The van der Waals surface area contributed by atoms with Gasteiger partial charge in [-0.15, -0.1) is 6.58 Å². The van der Waals surface area contributed by atoms with Gasteiger partial charge in [0.15, 0.2) is 5.78 Å². The Labute approximate surface area is 259 Å². The van der Waals surface area contributed by atoms with E-state index in [0.29, 0.717) is 61.2 Å². The number of alkyl halides is 1. The monoisotopic (exact) mass is 598 g/mol. The highest BCUT2D eigenvalue weighted by molar-refractivity contribution is 6.02. The van der Waals surface area contributed by atoms with Gasteiger partial charge in [0.05, 0.1) is 11.3 Å². The van der Waals surface area contributed by atoms with E-state index >= 15 is 4.39 Å². The average molecular weight is 599 g/mol. The van der Waals surface area contributed by atoms with E-state index in [1.165, 1.54) is 0 Å². The van der Waals surface area contributed by atoms with Crippen molar-refractivity contribution in [2.45, 2.75) is 89.4 Å². The minimum atomic E-state index is -1.31. The lowest BCUT2D eigenvalue weighted by atomic mass is 9.75. The fraction of sp³-hybridized carbons (Fsp3) is 0.486. The third-order valence-corrected chi connectivity index (χ3v) is 9.59. The van der Waals surface area contributed by atoms with Gasteiger partial charge in [-0.1, -0.05) is 26.0 Å². The van der Waals surface area contributed by atoms with Crippen LogP contribution in [0.3, 0.4) is 0 Å². The topological polar surface area (TPSA) is 103 Å². The number of hydrogen-bond donors (Lipinski definition) is 3. The van der Waals surface area contributed by atoms with E-state index in [-0.39, 0.29) is 11.7 Å². The molecule has 44 heavy (non-hydrogen) atoms. The summed E-state index contributed by atoms with van der Waals surface area (Å²) in [5.41, 5.74) is 3.53.